The summed E-state index contributed by atoms with van der Waals surface area (Å²) in [6.45, 7) is 0. The summed E-state index contributed by atoms with van der Waals surface area (Å²) in [5, 5.41) is 19.2. The molecule has 2 rings (SSSR count). The fourth-order valence-electron chi connectivity index (χ4n) is 3.73. The molecule has 0 heterocycles. The van der Waals surface area contributed by atoms with Gasteiger partial charge in [-0.05, 0) is 37.5 Å². The highest BCUT2D eigenvalue weighted by atomic mass is 16.5. The van der Waals surface area contributed by atoms with E-state index in [2.05, 4.69) is 0 Å². The van der Waals surface area contributed by atoms with Gasteiger partial charge >= 0.3 is 0 Å². The van der Waals surface area contributed by atoms with Crippen LogP contribution in [0, 0.1) is 17.8 Å². The van der Waals surface area contributed by atoms with E-state index in [0.717, 1.165) is 0 Å². The Kier molecular flexibility index (Phi) is 4.04. The van der Waals surface area contributed by atoms with E-state index < -0.39 is 6.29 Å². The Balaban J connectivity index is 1.97. The van der Waals surface area contributed by atoms with Crippen LogP contribution >= 0.6 is 0 Å². The molecule has 2 aliphatic carbocycles. The van der Waals surface area contributed by atoms with Crippen molar-refractivity contribution in [2.45, 2.75) is 64.1 Å². The third kappa shape index (κ3) is 2.73. The largest absolute Gasteiger partial charge is 0.368 e. The van der Waals surface area contributed by atoms with Crippen LogP contribution in [0.4, 0.5) is 0 Å². The van der Waals surface area contributed by atoms with Gasteiger partial charge in [-0.1, -0.05) is 32.1 Å². The average molecular weight is 212 g/mol. The Morgan fingerprint density at radius 1 is 0.667 bits per heavy atom. The molecule has 0 spiro atoms. The zero-order chi connectivity index (χ0) is 10.7. The van der Waals surface area contributed by atoms with E-state index in [1.54, 1.807) is 0 Å². The normalized spacial score (nSPS) is 27.4. The zero-order valence-corrected chi connectivity index (χ0v) is 9.57. The molecule has 0 aliphatic heterocycles. The van der Waals surface area contributed by atoms with Gasteiger partial charge in [0.25, 0.3) is 0 Å². The maximum absolute atomic E-state index is 9.58. The first-order chi connectivity index (χ1) is 7.29. The fourth-order valence-corrected chi connectivity index (χ4v) is 3.73. The molecule has 0 aromatic heterocycles. The van der Waals surface area contributed by atoms with E-state index >= 15 is 0 Å². The molecule has 0 radical (unpaired) electrons. The van der Waals surface area contributed by atoms with Crippen LogP contribution in [-0.4, -0.2) is 16.5 Å². The Labute approximate surface area is 92.7 Å². The number of aliphatic hydroxyl groups excluding tert-OH is 1. The van der Waals surface area contributed by atoms with E-state index in [0.29, 0.717) is 11.8 Å². The molecule has 0 bridgehead atoms. The van der Waals surface area contributed by atoms with Gasteiger partial charge in [0.2, 0.25) is 0 Å². The lowest BCUT2D eigenvalue weighted by molar-refractivity contribution is -0.122. The first-order valence-corrected chi connectivity index (χ1v) is 6.65. The summed E-state index contributed by atoms with van der Waals surface area (Å²) in [5.74, 6) is 1.35. The summed E-state index contributed by atoms with van der Waals surface area (Å²) in [4.78, 5) is 0. The molecule has 0 saturated heterocycles. The van der Waals surface area contributed by atoms with Gasteiger partial charge in [0, 0.05) is 5.92 Å². The Bertz CT molecular complexity index is 179. The molecule has 1 atom stereocenters. The number of aliphatic hydroxyl groups is 2. The van der Waals surface area contributed by atoms with Gasteiger partial charge in [0.1, 0.15) is 0 Å². The highest BCUT2D eigenvalue weighted by Gasteiger charge is 2.36. The topological polar surface area (TPSA) is 40.5 Å². The van der Waals surface area contributed by atoms with Crippen LogP contribution in [0.3, 0.4) is 0 Å². The van der Waals surface area contributed by atoms with E-state index in [9.17, 15) is 10.2 Å². The molecule has 88 valence electrons. The Morgan fingerprint density at radius 3 is 1.47 bits per heavy atom. The molecule has 2 aliphatic rings. The smallest absolute Gasteiger partial charge is 0.154 e. The average Bonchev–Trinajstić information content (AvgIpc) is 2.72. The molecule has 2 fully saturated rings. The molecule has 0 amide bonds. The maximum atomic E-state index is 9.58. The first kappa shape index (κ1) is 11.4. The van der Waals surface area contributed by atoms with Gasteiger partial charge < -0.3 is 10.2 Å². The lowest BCUT2D eigenvalue weighted by atomic mass is 9.73. The minimum Gasteiger partial charge on any atom is -0.368 e. The second-order valence-corrected chi connectivity index (χ2v) is 5.43. The van der Waals surface area contributed by atoms with E-state index in [4.69, 9.17) is 0 Å². The van der Waals surface area contributed by atoms with E-state index in [1.807, 2.05) is 0 Å². The quantitative estimate of drug-likeness (QED) is 0.706. The molecular formula is C13H24O2. The fraction of sp³-hybridized carbons (Fsp3) is 1.00. The van der Waals surface area contributed by atoms with Crippen molar-refractivity contribution in [1.29, 1.82) is 0 Å². The molecule has 2 heteroatoms. The van der Waals surface area contributed by atoms with E-state index in [1.165, 1.54) is 57.8 Å². The monoisotopic (exact) mass is 212 g/mol. The predicted molar refractivity (Wildman–Crippen MR) is 60.2 cm³/mol. The highest BCUT2D eigenvalue weighted by molar-refractivity contribution is 4.83. The molecule has 1 unspecified atom stereocenters. The van der Waals surface area contributed by atoms with Crippen molar-refractivity contribution in [3.8, 4) is 0 Å². The van der Waals surface area contributed by atoms with Crippen molar-refractivity contribution in [3.05, 3.63) is 0 Å². The van der Waals surface area contributed by atoms with Crippen LogP contribution in [0.25, 0.3) is 0 Å². The van der Waals surface area contributed by atoms with Gasteiger partial charge in [-0.15, -0.1) is 0 Å². The highest BCUT2D eigenvalue weighted by Crippen LogP contribution is 2.41. The first-order valence-electron chi connectivity index (χ1n) is 6.65. The van der Waals surface area contributed by atoms with Crippen LogP contribution in [0.15, 0.2) is 0 Å². The Morgan fingerprint density at radius 2 is 1.07 bits per heavy atom. The minimum atomic E-state index is -1.07. The molecule has 2 nitrogen and oxygen atoms in total. The van der Waals surface area contributed by atoms with Crippen LogP contribution in [-0.2, 0) is 0 Å². The van der Waals surface area contributed by atoms with Gasteiger partial charge in [-0.3, -0.25) is 0 Å². The van der Waals surface area contributed by atoms with Crippen LogP contribution in [0.2, 0.25) is 0 Å². The predicted octanol–water partition coefficient (Wildman–Crippen LogP) is 2.68. The second kappa shape index (κ2) is 5.31. The molecule has 0 aromatic rings. The third-order valence-corrected chi connectivity index (χ3v) is 4.48. The summed E-state index contributed by atoms with van der Waals surface area (Å²) < 4.78 is 0. The lowest BCUT2D eigenvalue weighted by Gasteiger charge is -2.35. The van der Waals surface area contributed by atoms with Crippen molar-refractivity contribution < 1.29 is 10.2 Å². The van der Waals surface area contributed by atoms with Crippen molar-refractivity contribution >= 4 is 0 Å². The SMILES string of the molecule is OC(O)C(C1CCCCC1)C1CCCC1. The maximum Gasteiger partial charge on any atom is 0.154 e. The molecule has 15 heavy (non-hydrogen) atoms. The van der Waals surface area contributed by atoms with Crippen molar-refractivity contribution in [2.24, 2.45) is 17.8 Å². The lowest BCUT2D eigenvalue weighted by Crippen LogP contribution is -2.34. The molecular weight excluding hydrogens is 188 g/mol. The standard InChI is InChI=1S/C13H24O2/c14-13(15)12(11-8-4-5-9-11)10-6-2-1-3-7-10/h10-15H,1-9H2. The van der Waals surface area contributed by atoms with Crippen molar-refractivity contribution in [1.82, 2.24) is 0 Å². The second-order valence-electron chi connectivity index (χ2n) is 5.43. The molecule has 2 saturated carbocycles. The van der Waals surface area contributed by atoms with Gasteiger partial charge in [-0.25, -0.2) is 0 Å². The van der Waals surface area contributed by atoms with Crippen LogP contribution in [0.5, 0.6) is 0 Å². The van der Waals surface area contributed by atoms with Crippen molar-refractivity contribution in [3.63, 3.8) is 0 Å². The minimum absolute atomic E-state index is 0.174. The van der Waals surface area contributed by atoms with Crippen molar-refractivity contribution in [2.75, 3.05) is 0 Å². The summed E-state index contributed by atoms with van der Waals surface area (Å²) in [6.07, 6.45) is 10.3. The van der Waals surface area contributed by atoms with Crippen LogP contribution < -0.4 is 0 Å². The third-order valence-electron chi connectivity index (χ3n) is 4.48. The number of hydrogen-bond acceptors (Lipinski definition) is 2. The summed E-state index contributed by atoms with van der Waals surface area (Å²) in [6, 6.07) is 0. The molecule has 0 aromatic carbocycles. The zero-order valence-electron chi connectivity index (χ0n) is 9.57. The number of rotatable bonds is 3. The van der Waals surface area contributed by atoms with Gasteiger partial charge in [0.15, 0.2) is 6.29 Å². The van der Waals surface area contributed by atoms with Gasteiger partial charge in [0.05, 0.1) is 0 Å². The Hall–Kier alpha value is -0.0800. The van der Waals surface area contributed by atoms with Gasteiger partial charge in [-0.2, -0.15) is 0 Å². The summed E-state index contributed by atoms with van der Waals surface area (Å²) in [5.41, 5.74) is 0. The summed E-state index contributed by atoms with van der Waals surface area (Å²) in [7, 11) is 0. The molecule has 2 N–H and O–H groups in total. The van der Waals surface area contributed by atoms with Crippen LogP contribution in [0.1, 0.15) is 57.8 Å². The summed E-state index contributed by atoms with van der Waals surface area (Å²) >= 11 is 0. The number of hydrogen-bond donors (Lipinski definition) is 2. The van der Waals surface area contributed by atoms with E-state index in [-0.39, 0.29) is 5.92 Å².